The largest absolute Gasteiger partial charge is 0.369 e. The van der Waals surface area contributed by atoms with Crippen molar-refractivity contribution in [2.75, 3.05) is 31.5 Å². The molecule has 1 aliphatic rings. The third-order valence-corrected chi connectivity index (χ3v) is 3.42. The van der Waals surface area contributed by atoms with Gasteiger partial charge in [0, 0.05) is 19.3 Å². The van der Waals surface area contributed by atoms with Crippen molar-refractivity contribution in [3.8, 4) is 0 Å². The van der Waals surface area contributed by atoms with Crippen molar-refractivity contribution in [2.45, 2.75) is 19.8 Å². The van der Waals surface area contributed by atoms with E-state index in [0.29, 0.717) is 5.28 Å². The van der Waals surface area contributed by atoms with Gasteiger partial charge in [-0.1, -0.05) is 6.92 Å². The molecule has 4 nitrogen and oxygen atoms in total. The molecule has 0 spiro atoms. The van der Waals surface area contributed by atoms with Crippen LogP contribution < -0.4 is 5.32 Å². The lowest BCUT2D eigenvalue weighted by Crippen LogP contribution is -2.36. The zero-order valence-corrected chi connectivity index (χ0v) is 11.0. The predicted octanol–water partition coefficient (Wildman–Crippen LogP) is 2.27. The van der Waals surface area contributed by atoms with Gasteiger partial charge in [-0.15, -0.1) is 0 Å². The van der Waals surface area contributed by atoms with E-state index in [9.17, 15) is 0 Å². The van der Waals surface area contributed by atoms with Crippen molar-refractivity contribution in [1.29, 1.82) is 0 Å². The summed E-state index contributed by atoms with van der Waals surface area (Å²) < 4.78 is 0. The third kappa shape index (κ3) is 4.13. The molecular formula is C12H19ClN4. The molecule has 5 heteroatoms. The van der Waals surface area contributed by atoms with Gasteiger partial charge in [-0.05, 0) is 49.5 Å². The minimum Gasteiger partial charge on any atom is -0.369 e. The summed E-state index contributed by atoms with van der Waals surface area (Å²) in [4.78, 5) is 10.4. The van der Waals surface area contributed by atoms with Crippen molar-refractivity contribution in [1.82, 2.24) is 14.9 Å². The monoisotopic (exact) mass is 254 g/mol. The highest BCUT2D eigenvalue weighted by molar-refractivity contribution is 6.28. The molecular weight excluding hydrogens is 236 g/mol. The molecule has 1 fully saturated rings. The Morgan fingerprint density at radius 2 is 2.24 bits per heavy atom. The van der Waals surface area contributed by atoms with Crippen LogP contribution in [0.1, 0.15) is 19.8 Å². The highest BCUT2D eigenvalue weighted by Gasteiger charge is 2.14. The molecule has 0 radical (unpaired) electrons. The number of rotatable bonds is 4. The Morgan fingerprint density at radius 1 is 1.47 bits per heavy atom. The number of nitrogens with one attached hydrogen (secondary N) is 1. The lowest BCUT2D eigenvalue weighted by molar-refractivity contribution is 0.199. The minimum absolute atomic E-state index is 0.293. The molecule has 94 valence electrons. The smallest absolute Gasteiger partial charge is 0.224 e. The van der Waals surface area contributed by atoms with E-state index in [-0.39, 0.29) is 0 Å². The van der Waals surface area contributed by atoms with Gasteiger partial charge < -0.3 is 10.2 Å². The van der Waals surface area contributed by atoms with E-state index in [1.165, 1.54) is 25.9 Å². The Kier molecular flexibility index (Phi) is 4.57. The molecule has 1 aromatic heterocycles. The molecule has 1 aromatic rings. The van der Waals surface area contributed by atoms with Crippen molar-refractivity contribution in [3.63, 3.8) is 0 Å². The van der Waals surface area contributed by atoms with Crippen LogP contribution in [0.3, 0.4) is 0 Å². The third-order valence-electron chi connectivity index (χ3n) is 3.24. The fourth-order valence-electron chi connectivity index (χ4n) is 2.06. The maximum Gasteiger partial charge on any atom is 0.224 e. The van der Waals surface area contributed by atoms with Crippen molar-refractivity contribution in [3.05, 3.63) is 17.5 Å². The molecule has 17 heavy (non-hydrogen) atoms. The van der Waals surface area contributed by atoms with E-state index >= 15 is 0 Å². The average Bonchev–Trinajstić information content (AvgIpc) is 2.32. The fraction of sp³-hybridized carbons (Fsp3) is 0.667. The van der Waals surface area contributed by atoms with Gasteiger partial charge in [0.05, 0.1) is 0 Å². The fourth-order valence-corrected chi connectivity index (χ4v) is 2.21. The van der Waals surface area contributed by atoms with Crippen LogP contribution in [-0.2, 0) is 0 Å². The summed E-state index contributed by atoms with van der Waals surface area (Å²) in [5.41, 5.74) is 0. The molecule has 0 aromatic carbocycles. The molecule has 1 saturated heterocycles. The summed E-state index contributed by atoms with van der Waals surface area (Å²) in [5.74, 6) is 1.69. The molecule has 0 saturated carbocycles. The summed E-state index contributed by atoms with van der Waals surface area (Å²) in [7, 11) is 0. The maximum absolute atomic E-state index is 5.72. The number of piperidine rings is 1. The molecule has 0 bridgehead atoms. The normalized spacial score (nSPS) is 18.2. The lowest BCUT2D eigenvalue weighted by atomic mass is 9.99. The molecule has 2 heterocycles. The molecule has 2 rings (SSSR count). The zero-order chi connectivity index (χ0) is 12.1. The van der Waals surface area contributed by atoms with Crippen LogP contribution in [0, 0.1) is 5.92 Å². The number of hydrogen-bond donors (Lipinski definition) is 1. The number of nitrogens with zero attached hydrogens (tertiary/aromatic N) is 3. The quantitative estimate of drug-likeness (QED) is 0.837. The first-order valence-corrected chi connectivity index (χ1v) is 6.56. The zero-order valence-electron chi connectivity index (χ0n) is 10.2. The second-order valence-corrected chi connectivity index (χ2v) is 5.00. The van der Waals surface area contributed by atoms with Gasteiger partial charge in [0.2, 0.25) is 5.28 Å². The van der Waals surface area contributed by atoms with Crippen LogP contribution in [0.25, 0.3) is 0 Å². The lowest BCUT2D eigenvalue weighted by Gasteiger charge is -2.30. The second-order valence-electron chi connectivity index (χ2n) is 4.66. The Hall–Kier alpha value is -0.870. The van der Waals surface area contributed by atoms with Crippen LogP contribution in [-0.4, -0.2) is 41.0 Å². The first kappa shape index (κ1) is 12.6. The summed E-state index contributed by atoms with van der Waals surface area (Å²) in [6.45, 7) is 6.73. The molecule has 0 atom stereocenters. The van der Waals surface area contributed by atoms with Crippen LogP contribution in [0.15, 0.2) is 12.3 Å². The van der Waals surface area contributed by atoms with E-state index in [1.807, 2.05) is 6.07 Å². The summed E-state index contributed by atoms with van der Waals surface area (Å²) in [5, 5.41) is 3.56. The second kappa shape index (κ2) is 6.17. The highest BCUT2D eigenvalue weighted by atomic mass is 35.5. The summed E-state index contributed by atoms with van der Waals surface area (Å²) >= 11 is 5.72. The van der Waals surface area contributed by atoms with Crippen molar-refractivity contribution in [2.24, 2.45) is 5.92 Å². The number of halogens is 1. The first-order chi connectivity index (χ1) is 8.24. The molecule has 1 N–H and O–H groups in total. The van der Waals surface area contributed by atoms with Crippen LogP contribution >= 0.6 is 11.6 Å². The van der Waals surface area contributed by atoms with Crippen LogP contribution in [0.4, 0.5) is 5.82 Å². The maximum atomic E-state index is 5.72. The standard InChI is InChI=1S/C12H19ClN4/c1-10-3-7-17(8-4-10)9-6-14-11-2-5-15-12(13)16-11/h2,5,10H,3-4,6-9H2,1H3,(H,14,15,16). The summed E-state index contributed by atoms with van der Waals surface area (Å²) in [6.07, 6.45) is 4.30. The molecule has 0 aliphatic carbocycles. The van der Waals surface area contributed by atoms with Gasteiger partial charge in [0.1, 0.15) is 5.82 Å². The SMILES string of the molecule is CC1CCN(CCNc2ccnc(Cl)n2)CC1. The number of aromatic nitrogens is 2. The Bertz CT molecular complexity index is 350. The minimum atomic E-state index is 0.293. The van der Waals surface area contributed by atoms with Gasteiger partial charge in [-0.2, -0.15) is 0 Å². The topological polar surface area (TPSA) is 41.0 Å². The molecule has 0 unspecified atom stereocenters. The first-order valence-electron chi connectivity index (χ1n) is 6.19. The number of anilines is 1. The van der Waals surface area contributed by atoms with Crippen molar-refractivity contribution >= 4 is 17.4 Å². The number of hydrogen-bond acceptors (Lipinski definition) is 4. The number of likely N-dealkylation sites (tertiary alicyclic amines) is 1. The van der Waals surface area contributed by atoms with Gasteiger partial charge in [-0.3, -0.25) is 0 Å². The Balaban J connectivity index is 1.69. The predicted molar refractivity (Wildman–Crippen MR) is 70.4 cm³/mol. The Morgan fingerprint density at radius 3 is 2.94 bits per heavy atom. The van der Waals surface area contributed by atoms with Crippen molar-refractivity contribution < 1.29 is 0 Å². The average molecular weight is 255 g/mol. The van der Waals surface area contributed by atoms with Gasteiger partial charge in [0.15, 0.2) is 0 Å². The van der Waals surface area contributed by atoms with E-state index in [1.54, 1.807) is 6.20 Å². The van der Waals surface area contributed by atoms with E-state index < -0.39 is 0 Å². The molecule has 0 amide bonds. The Labute approximate surface area is 107 Å². The van der Waals surface area contributed by atoms with E-state index in [2.05, 4.69) is 27.1 Å². The van der Waals surface area contributed by atoms with Crippen LogP contribution in [0.2, 0.25) is 5.28 Å². The van der Waals surface area contributed by atoms with E-state index in [4.69, 9.17) is 11.6 Å². The molecule has 1 aliphatic heterocycles. The van der Waals surface area contributed by atoms with Crippen LogP contribution in [0.5, 0.6) is 0 Å². The van der Waals surface area contributed by atoms with Gasteiger partial charge >= 0.3 is 0 Å². The summed E-state index contributed by atoms with van der Waals surface area (Å²) in [6, 6.07) is 1.84. The van der Waals surface area contributed by atoms with Gasteiger partial charge in [0.25, 0.3) is 0 Å². The van der Waals surface area contributed by atoms with Gasteiger partial charge in [-0.25, -0.2) is 9.97 Å². The highest BCUT2D eigenvalue weighted by Crippen LogP contribution is 2.15. The van der Waals surface area contributed by atoms with E-state index in [0.717, 1.165) is 24.8 Å².